The van der Waals surface area contributed by atoms with Crippen molar-refractivity contribution in [3.63, 3.8) is 0 Å². The molecular weight excluding hydrogens is 374 g/mol. The summed E-state index contributed by atoms with van der Waals surface area (Å²) in [5.41, 5.74) is 7.75. The third-order valence-corrected chi connectivity index (χ3v) is 4.26. The standard InChI is InChI=1S/C19H15N7O3/c1-12-5-7-14(8-6-12)25-18-16(10-22-25)17(20-11-21-18)23-24-19(27)13-3-2-4-15(9-13)26(28)29/h2-11H,1H3,(H,24,27)(H,20,21,23). The number of aromatic nitrogens is 4. The Balaban J connectivity index is 1.57. The third-order valence-electron chi connectivity index (χ3n) is 4.26. The molecule has 10 nitrogen and oxygen atoms in total. The van der Waals surface area contributed by atoms with Crippen LogP contribution in [0, 0.1) is 17.0 Å². The van der Waals surface area contributed by atoms with E-state index in [1.54, 1.807) is 10.9 Å². The van der Waals surface area contributed by atoms with Crippen LogP contribution in [-0.2, 0) is 0 Å². The average molecular weight is 389 g/mol. The number of carbonyl (C=O) groups excluding carboxylic acids is 1. The maximum absolute atomic E-state index is 12.3. The smallest absolute Gasteiger partial charge is 0.270 e. The number of nitrogens with zero attached hydrogens (tertiary/aromatic N) is 5. The van der Waals surface area contributed by atoms with Crippen LogP contribution in [0.5, 0.6) is 0 Å². The number of amides is 1. The summed E-state index contributed by atoms with van der Waals surface area (Å²) < 4.78 is 1.67. The minimum atomic E-state index is -0.558. The topological polar surface area (TPSA) is 128 Å². The monoisotopic (exact) mass is 389 g/mol. The van der Waals surface area contributed by atoms with Crippen molar-refractivity contribution in [1.29, 1.82) is 0 Å². The molecule has 0 aliphatic carbocycles. The zero-order valence-electron chi connectivity index (χ0n) is 15.2. The van der Waals surface area contributed by atoms with Crippen molar-refractivity contribution < 1.29 is 9.72 Å². The molecule has 0 bridgehead atoms. The van der Waals surface area contributed by atoms with E-state index in [2.05, 4.69) is 25.9 Å². The van der Waals surface area contributed by atoms with E-state index in [-0.39, 0.29) is 11.3 Å². The molecule has 0 unspecified atom stereocenters. The van der Waals surface area contributed by atoms with Crippen LogP contribution in [0.3, 0.4) is 0 Å². The van der Waals surface area contributed by atoms with Gasteiger partial charge in [-0.15, -0.1) is 0 Å². The van der Waals surface area contributed by atoms with Crippen molar-refractivity contribution >= 4 is 28.4 Å². The lowest BCUT2D eigenvalue weighted by Gasteiger charge is -2.09. The molecule has 2 N–H and O–H groups in total. The van der Waals surface area contributed by atoms with E-state index in [0.29, 0.717) is 16.9 Å². The second-order valence-corrected chi connectivity index (χ2v) is 6.24. The van der Waals surface area contributed by atoms with E-state index in [0.717, 1.165) is 11.3 Å². The van der Waals surface area contributed by atoms with Crippen molar-refractivity contribution in [2.24, 2.45) is 0 Å². The molecule has 0 fully saturated rings. The van der Waals surface area contributed by atoms with Gasteiger partial charge in [-0.1, -0.05) is 23.8 Å². The summed E-state index contributed by atoms with van der Waals surface area (Å²) in [6, 6.07) is 13.3. The summed E-state index contributed by atoms with van der Waals surface area (Å²) in [7, 11) is 0. The highest BCUT2D eigenvalue weighted by Gasteiger charge is 2.14. The number of hydrazine groups is 1. The zero-order chi connectivity index (χ0) is 20.4. The van der Waals surface area contributed by atoms with Gasteiger partial charge in [-0.05, 0) is 25.1 Å². The van der Waals surface area contributed by atoms with Crippen molar-refractivity contribution in [2.45, 2.75) is 6.92 Å². The Hall–Kier alpha value is -4.34. The van der Waals surface area contributed by atoms with E-state index < -0.39 is 10.8 Å². The van der Waals surface area contributed by atoms with Gasteiger partial charge in [0.15, 0.2) is 11.5 Å². The van der Waals surface area contributed by atoms with Crippen LogP contribution in [0.4, 0.5) is 11.5 Å². The molecule has 4 aromatic rings. The number of fused-ring (bicyclic) bond motifs is 1. The minimum Gasteiger partial charge on any atom is -0.281 e. The van der Waals surface area contributed by atoms with Gasteiger partial charge >= 0.3 is 0 Å². The van der Waals surface area contributed by atoms with Crippen LogP contribution in [0.1, 0.15) is 15.9 Å². The Kier molecular flexibility index (Phi) is 4.57. The first-order valence-electron chi connectivity index (χ1n) is 8.59. The van der Waals surface area contributed by atoms with E-state index in [4.69, 9.17) is 0 Å². The lowest BCUT2D eigenvalue weighted by Crippen LogP contribution is -2.29. The lowest BCUT2D eigenvalue weighted by molar-refractivity contribution is -0.384. The molecule has 1 amide bonds. The largest absolute Gasteiger partial charge is 0.281 e. The highest BCUT2D eigenvalue weighted by atomic mass is 16.6. The fourth-order valence-corrected chi connectivity index (χ4v) is 2.77. The van der Waals surface area contributed by atoms with Crippen LogP contribution in [0.2, 0.25) is 0 Å². The summed E-state index contributed by atoms with van der Waals surface area (Å²) >= 11 is 0. The van der Waals surface area contributed by atoms with Crippen LogP contribution >= 0.6 is 0 Å². The summed E-state index contributed by atoms with van der Waals surface area (Å²) in [6.07, 6.45) is 2.95. The number of nitrogens with one attached hydrogen (secondary N) is 2. The second-order valence-electron chi connectivity index (χ2n) is 6.24. The van der Waals surface area contributed by atoms with Crippen molar-refractivity contribution in [2.75, 3.05) is 5.43 Å². The number of nitro groups is 1. The summed E-state index contributed by atoms with van der Waals surface area (Å²) in [5, 5.41) is 15.8. The number of anilines is 1. The first-order valence-corrected chi connectivity index (χ1v) is 8.59. The average Bonchev–Trinajstić information content (AvgIpc) is 3.17. The molecule has 2 aromatic carbocycles. The van der Waals surface area contributed by atoms with Gasteiger partial charge in [-0.2, -0.15) is 5.10 Å². The quantitative estimate of drug-likeness (QED) is 0.397. The first kappa shape index (κ1) is 18.0. The van der Waals surface area contributed by atoms with Crippen molar-refractivity contribution in [1.82, 2.24) is 25.2 Å². The normalized spacial score (nSPS) is 10.7. The Morgan fingerprint density at radius 3 is 2.69 bits per heavy atom. The van der Waals surface area contributed by atoms with Crippen molar-refractivity contribution in [3.8, 4) is 5.69 Å². The predicted molar refractivity (Wildman–Crippen MR) is 106 cm³/mol. The van der Waals surface area contributed by atoms with Crippen LogP contribution < -0.4 is 10.9 Å². The Morgan fingerprint density at radius 2 is 1.93 bits per heavy atom. The van der Waals surface area contributed by atoms with E-state index in [9.17, 15) is 14.9 Å². The summed E-state index contributed by atoms with van der Waals surface area (Å²) in [5.74, 6) is -0.182. The van der Waals surface area contributed by atoms with E-state index in [1.165, 1.54) is 30.6 Å². The molecule has 10 heteroatoms. The molecule has 0 aliphatic heterocycles. The first-order chi connectivity index (χ1) is 14.0. The van der Waals surface area contributed by atoms with Gasteiger partial charge in [-0.25, -0.2) is 14.6 Å². The minimum absolute atomic E-state index is 0.146. The molecule has 2 heterocycles. The Bertz CT molecular complexity index is 1220. The molecule has 0 radical (unpaired) electrons. The fourth-order valence-electron chi connectivity index (χ4n) is 2.77. The molecule has 0 saturated carbocycles. The maximum Gasteiger partial charge on any atom is 0.270 e. The Labute approximate surface area is 164 Å². The predicted octanol–water partition coefficient (Wildman–Crippen LogP) is 2.79. The summed E-state index contributed by atoms with van der Waals surface area (Å²) in [6.45, 7) is 2.00. The number of nitro benzene ring substituents is 1. The molecule has 0 aliphatic rings. The van der Waals surface area contributed by atoms with Gasteiger partial charge in [0, 0.05) is 17.7 Å². The van der Waals surface area contributed by atoms with Gasteiger partial charge in [0.1, 0.15) is 6.33 Å². The molecule has 0 spiro atoms. The van der Waals surface area contributed by atoms with Crippen LogP contribution in [0.15, 0.2) is 61.1 Å². The molecule has 29 heavy (non-hydrogen) atoms. The number of carbonyl (C=O) groups is 1. The van der Waals surface area contributed by atoms with E-state index >= 15 is 0 Å². The number of hydrogen-bond acceptors (Lipinski definition) is 7. The molecule has 4 rings (SSSR count). The fraction of sp³-hybridized carbons (Fsp3) is 0.0526. The Morgan fingerprint density at radius 1 is 1.14 bits per heavy atom. The number of non-ortho nitro benzene ring substituents is 1. The molecule has 0 saturated heterocycles. The number of hydrogen-bond donors (Lipinski definition) is 2. The molecular formula is C19H15N7O3. The van der Waals surface area contributed by atoms with Gasteiger partial charge in [-0.3, -0.25) is 25.8 Å². The van der Waals surface area contributed by atoms with Gasteiger partial charge in [0.2, 0.25) is 0 Å². The maximum atomic E-state index is 12.3. The number of aryl methyl sites for hydroxylation is 1. The SMILES string of the molecule is Cc1ccc(-n2ncc3c(NNC(=O)c4cccc([N+](=O)[O-])c4)ncnc32)cc1. The van der Waals surface area contributed by atoms with Gasteiger partial charge < -0.3 is 0 Å². The van der Waals surface area contributed by atoms with Gasteiger partial charge in [0.05, 0.1) is 22.2 Å². The number of benzene rings is 2. The summed E-state index contributed by atoms with van der Waals surface area (Å²) in [4.78, 5) is 31.1. The third kappa shape index (κ3) is 3.58. The lowest BCUT2D eigenvalue weighted by atomic mass is 10.2. The van der Waals surface area contributed by atoms with E-state index in [1.807, 2.05) is 31.2 Å². The highest BCUT2D eigenvalue weighted by Crippen LogP contribution is 2.21. The van der Waals surface area contributed by atoms with Crippen molar-refractivity contribution in [3.05, 3.63) is 82.3 Å². The van der Waals surface area contributed by atoms with Crippen LogP contribution in [0.25, 0.3) is 16.7 Å². The van der Waals surface area contributed by atoms with Crippen LogP contribution in [-0.4, -0.2) is 30.6 Å². The van der Waals surface area contributed by atoms with Gasteiger partial charge in [0.25, 0.3) is 11.6 Å². The molecule has 2 aromatic heterocycles. The molecule has 144 valence electrons. The molecule has 0 atom stereocenters. The highest BCUT2D eigenvalue weighted by molar-refractivity contribution is 5.96. The number of rotatable bonds is 5. The zero-order valence-corrected chi connectivity index (χ0v) is 15.2. The second kappa shape index (κ2) is 7.35.